The number of carboxylic acid groups (broad SMARTS) is 1. The Labute approximate surface area is 193 Å². The highest BCUT2D eigenvalue weighted by Gasteiger charge is 2.50. The molecule has 9 nitrogen and oxygen atoms in total. The van der Waals surface area contributed by atoms with Crippen LogP contribution in [0.25, 0.3) is 0 Å². The number of carbonyl (C=O) groups excluding carboxylic acids is 1. The monoisotopic (exact) mass is 470 g/mol. The van der Waals surface area contributed by atoms with Crippen LogP contribution in [0.15, 0.2) is 54.6 Å². The number of hydrogen-bond donors (Lipinski definition) is 3. The normalized spacial score (nSPS) is 19.0. The van der Waals surface area contributed by atoms with Gasteiger partial charge in [-0.05, 0) is 36.2 Å². The van der Waals surface area contributed by atoms with Crippen molar-refractivity contribution in [2.75, 3.05) is 17.2 Å². The van der Waals surface area contributed by atoms with Crippen LogP contribution in [0.1, 0.15) is 37.3 Å². The summed E-state index contributed by atoms with van der Waals surface area (Å²) in [6.45, 7) is 1.93. The molecule has 0 aliphatic carbocycles. The van der Waals surface area contributed by atoms with Crippen LogP contribution >= 0.6 is 0 Å². The van der Waals surface area contributed by atoms with E-state index in [1.807, 2.05) is 13.0 Å². The molecule has 33 heavy (non-hydrogen) atoms. The zero-order chi connectivity index (χ0) is 24.1. The Morgan fingerprint density at radius 2 is 1.91 bits per heavy atom. The number of nitrogens with one attached hydrogen (secondary N) is 2. The van der Waals surface area contributed by atoms with Crippen LogP contribution in [0.4, 0.5) is 10.5 Å². The number of hydrogen-bond acceptors (Lipinski definition) is 5. The molecular weight excluding hydrogens is 444 g/mol. The van der Waals surface area contributed by atoms with Gasteiger partial charge >= 0.3 is 12.0 Å². The highest BCUT2D eigenvalue weighted by atomic mass is 32.2. The van der Waals surface area contributed by atoms with Gasteiger partial charge in [-0.1, -0.05) is 43.7 Å². The highest BCUT2D eigenvalue weighted by molar-refractivity contribution is 7.89. The lowest BCUT2D eigenvalue weighted by atomic mass is 9.82. The van der Waals surface area contributed by atoms with Crippen LogP contribution in [-0.2, 0) is 20.4 Å². The first kappa shape index (κ1) is 24.2. The van der Waals surface area contributed by atoms with Gasteiger partial charge in [0.15, 0.2) is 0 Å². The molecule has 0 aromatic heterocycles. The van der Waals surface area contributed by atoms with Crippen molar-refractivity contribution in [3.8, 4) is 6.07 Å². The third-order valence-corrected chi connectivity index (χ3v) is 7.13. The second kappa shape index (κ2) is 10.0. The van der Waals surface area contributed by atoms with Crippen LogP contribution in [0, 0.1) is 11.3 Å². The molecule has 3 N–H and O–H groups in total. The number of carbonyl (C=O) groups is 2. The Kier molecular flexibility index (Phi) is 7.36. The van der Waals surface area contributed by atoms with Gasteiger partial charge in [-0.3, -0.25) is 9.69 Å². The summed E-state index contributed by atoms with van der Waals surface area (Å²) in [4.78, 5) is 26.5. The molecule has 2 amide bonds. The zero-order valence-corrected chi connectivity index (χ0v) is 19.0. The molecule has 0 radical (unpaired) electrons. The van der Waals surface area contributed by atoms with Crippen LogP contribution < -0.4 is 14.9 Å². The molecule has 1 aliphatic heterocycles. The summed E-state index contributed by atoms with van der Waals surface area (Å²) in [6, 6.07) is 15.4. The van der Waals surface area contributed by atoms with E-state index in [9.17, 15) is 23.1 Å². The predicted octanol–water partition coefficient (Wildman–Crippen LogP) is 2.55. The van der Waals surface area contributed by atoms with Crippen LogP contribution in [0.2, 0.25) is 0 Å². The number of anilines is 1. The fourth-order valence-electron chi connectivity index (χ4n) is 4.01. The number of rotatable bonds is 10. The summed E-state index contributed by atoms with van der Waals surface area (Å²) in [6.07, 6.45) is 0.858. The molecule has 10 heteroatoms. The number of benzene rings is 2. The van der Waals surface area contributed by atoms with Crippen molar-refractivity contribution in [3.63, 3.8) is 0 Å². The average molecular weight is 471 g/mol. The number of urea groups is 1. The molecule has 3 rings (SSSR count). The van der Waals surface area contributed by atoms with Gasteiger partial charge in [-0.2, -0.15) is 5.26 Å². The number of nitriles is 1. The lowest BCUT2D eigenvalue weighted by Gasteiger charge is -2.39. The summed E-state index contributed by atoms with van der Waals surface area (Å²) in [7, 11) is -3.83. The van der Waals surface area contributed by atoms with Gasteiger partial charge in [0.25, 0.3) is 0 Å². The van der Waals surface area contributed by atoms with Gasteiger partial charge in [-0.15, -0.1) is 0 Å². The predicted molar refractivity (Wildman–Crippen MR) is 123 cm³/mol. The quantitative estimate of drug-likeness (QED) is 0.488. The molecule has 2 unspecified atom stereocenters. The molecule has 0 bridgehead atoms. The molecule has 1 saturated heterocycles. The Balaban J connectivity index is 2.07. The lowest BCUT2D eigenvalue weighted by molar-refractivity contribution is -0.139. The van der Waals surface area contributed by atoms with Crippen molar-refractivity contribution in [1.29, 1.82) is 5.26 Å². The molecule has 1 fully saturated rings. The Hall–Kier alpha value is -3.42. The Morgan fingerprint density at radius 1 is 1.24 bits per heavy atom. The van der Waals surface area contributed by atoms with E-state index in [1.165, 1.54) is 4.90 Å². The minimum Gasteiger partial charge on any atom is -0.480 e. The van der Waals surface area contributed by atoms with E-state index in [-0.39, 0.29) is 18.7 Å². The summed E-state index contributed by atoms with van der Waals surface area (Å²) >= 11 is 0. The molecular formula is C23H26N4O5S. The van der Waals surface area contributed by atoms with Crippen molar-refractivity contribution in [2.45, 2.75) is 37.8 Å². The van der Waals surface area contributed by atoms with Crippen molar-refractivity contribution < 1.29 is 23.1 Å². The number of amides is 2. The fourth-order valence-corrected chi connectivity index (χ4v) is 5.42. The minimum atomic E-state index is -3.83. The summed E-state index contributed by atoms with van der Waals surface area (Å²) in [5, 5.41) is 21.8. The first-order chi connectivity index (χ1) is 15.7. The van der Waals surface area contributed by atoms with E-state index in [0.717, 1.165) is 0 Å². The zero-order valence-electron chi connectivity index (χ0n) is 18.2. The van der Waals surface area contributed by atoms with E-state index in [2.05, 4.69) is 10.0 Å². The lowest BCUT2D eigenvalue weighted by Crippen LogP contribution is -2.52. The smallest absolute Gasteiger partial charge is 0.322 e. The van der Waals surface area contributed by atoms with Gasteiger partial charge in [0.05, 0.1) is 22.9 Å². The maximum atomic E-state index is 13.0. The van der Waals surface area contributed by atoms with Gasteiger partial charge < -0.3 is 10.4 Å². The molecule has 0 spiro atoms. The fraction of sp³-hybridized carbons (Fsp3) is 0.348. The first-order valence-corrected chi connectivity index (χ1v) is 12.2. The van der Waals surface area contributed by atoms with E-state index in [0.29, 0.717) is 29.7 Å². The van der Waals surface area contributed by atoms with Crippen molar-refractivity contribution >= 4 is 27.7 Å². The van der Waals surface area contributed by atoms with Crippen LogP contribution in [0.5, 0.6) is 0 Å². The van der Waals surface area contributed by atoms with Gasteiger partial charge in [0.2, 0.25) is 10.0 Å². The topological polar surface area (TPSA) is 140 Å². The average Bonchev–Trinajstić information content (AvgIpc) is 3.14. The SMILES string of the molecule is CCCCS(=O)(=O)NC(CC1(c2ccccc2)CNC(=O)N1c1ccc(C#N)cc1)C(=O)O. The van der Waals surface area contributed by atoms with Crippen molar-refractivity contribution in [1.82, 2.24) is 10.0 Å². The Morgan fingerprint density at radius 3 is 2.48 bits per heavy atom. The van der Waals surface area contributed by atoms with Gasteiger partial charge in [0, 0.05) is 18.7 Å². The van der Waals surface area contributed by atoms with E-state index < -0.39 is 33.6 Å². The molecule has 1 aliphatic rings. The summed E-state index contributed by atoms with van der Waals surface area (Å²) < 4.78 is 27.3. The molecule has 2 aromatic rings. The second-order valence-corrected chi connectivity index (χ2v) is 9.81. The van der Waals surface area contributed by atoms with Crippen LogP contribution in [-0.4, -0.2) is 43.9 Å². The van der Waals surface area contributed by atoms with Crippen LogP contribution in [0.3, 0.4) is 0 Å². The van der Waals surface area contributed by atoms with Gasteiger partial charge in [-0.25, -0.2) is 17.9 Å². The van der Waals surface area contributed by atoms with E-state index >= 15 is 0 Å². The standard InChI is InChI=1S/C23H26N4O5S/c1-2-3-13-33(31,32)26-20(21(28)29)14-23(18-7-5-4-6-8-18)16-25-22(30)27(23)19-11-9-17(15-24)10-12-19/h4-12,20,26H,2-3,13-14,16H2,1H3,(H,25,30)(H,28,29). The van der Waals surface area contributed by atoms with Crippen molar-refractivity contribution in [3.05, 3.63) is 65.7 Å². The number of unbranched alkanes of at least 4 members (excludes halogenated alkanes) is 1. The maximum Gasteiger partial charge on any atom is 0.322 e. The number of aliphatic carboxylic acids is 1. The second-order valence-electron chi connectivity index (χ2n) is 7.94. The minimum absolute atomic E-state index is 0.0797. The summed E-state index contributed by atoms with van der Waals surface area (Å²) in [5.41, 5.74) is 0.358. The molecule has 2 atom stereocenters. The van der Waals surface area contributed by atoms with Gasteiger partial charge in [0.1, 0.15) is 6.04 Å². The first-order valence-electron chi connectivity index (χ1n) is 10.6. The molecule has 1 heterocycles. The maximum absolute atomic E-state index is 13.0. The third-order valence-electron chi connectivity index (χ3n) is 5.66. The third kappa shape index (κ3) is 5.32. The molecule has 2 aromatic carbocycles. The highest BCUT2D eigenvalue weighted by Crippen LogP contribution is 2.40. The van der Waals surface area contributed by atoms with E-state index in [1.54, 1.807) is 54.6 Å². The Bertz CT molecular complexity index is 1150. The molecule has 0 saturated carbocycles. The van der Waals surface area contributed by atoms with E-state index in [4.69, 9.17) is 5.26 Å². The number of sulfonamides is 1. The number of nitrogens with zero attached hydrogens (tertiary/aromatic N) is 2. The molecule has 174 valence electrons. The largest absolute Gasteiger partial charge is 0.480 e. The van der Waals surface area contributed by atoms with Crippen molar-refractivity contribution in [2.24, 2.45) is 0 Å². The number of carboxylic acids is 1. The summed E-state index contributed by atoms with van der Waals surface area (Å²) in [5.74, 6) is -1.51.